The summed E-state index contributed by atoms with van der Waals surface area (Å²) in [5.41, 5.74) is 1.65. The highest BCUT2D eigenvalue weighted by atomic mass is 16.5. The molecule has 1 aromatic heterocycles. The largest absolute Gasteiger partial charge is 0.493 e. The number of hydrogen-bond acceptors (Lipinski definition) is 7. The molecular formula is C22H30N4O4. The maximum absolute atomic E-state index is 12.3. The Labute approximate surface area is 177 Å². The van der Waals surface area contributed by atoms with E-state index in [1.807, 2.05) is 25.1 Å². The highest BCUT2D eigenvalue weighted by molar-refractivity contribution is 5.77. The predicted octanol–water partition coefficient (Wildman–Crippen LogP) is 2.88. The van der Waals surface area contributed by atoms with Crippen LogP contribution < -0.4 is 24.4 Å². The van der Waals surface area contributed by atoms with E-state index in [2.05, 4.69) is 20.2 Å². The molecule has 1 aromatic carbocycles. The van der Waals surface area contributed by atoms with Crippen molar-refractivity contribution in [3.8, 4) is 17.4 Å². The molecule has 1 N–H and O–H groups in total. The fraction of sp³-hybridized carbons (Fsp3) is 0.500. The van der Waals surface area contributed by atoms with Gasteiger partial charge in [-0.25, -0.2) is 4.98 Å². The normalized spacial score (nSPS) is 14.0. The van der Waals surface area contributed by atoms with Gasteiger partial charge in [-0.1, -0.05) is 25.0 Å². The number of benzene rings is 1. The van der Waals surface area contributed by atoms with Gasteiger partial charge in [0.2, 0.25) is 11.8 Å². The van der Waals surface area contributed by atoms with E-state index in [1.165, 1.54) is 12.8 Å². The van der Waals surface area contributed by atoms with Crippen molar-refractivity contribution < 1.29 is 19.0 Å². The fourth-order valence-corrected chi connectivity index (χ4v) is 3.49. The van der Waals surface area contributed by atoms with Gasteiger partial charge < -0.3 is 24.4 Å². The first kappa shape index (κ1) is 21.7. The number of methoxy groups -OCH3 is 2. The van der Waals surface area contributed by atoms with Crippen LogP contribution >= 0.6 is 0 Å². The number of ether oxygens (including phenoxy) is 3. The van der Waals surface area contributed by atoms with Crippen molar-refractivity contribution in [2.24, 2.45) is 0 Å². The van der Waals surface area contributed by atoms with E-state index in [0.717, 1.165) is 37.2 Å². The van der Waals surface area contributed by atoms with Gasteiger partial charge in [-0.15, -0.1) is 0 Å². The van der Waals surface area contributed by atoms with E-state index in [4.69, 9.17) is 14.2 Å². The van der Waals surface area contributed by atoms with Crippen LogP contribution in [0.1, 0.15) is 36.9 Å². The molecule has 0 bridgehead atoms. The van der Waals surface area contributed by atoms with E-state index < -0.39 is 0 Å². The second-order valence-corrected chi connectivity index (χ2v) is 7.27. The van der Waals surface area contributed by atoms with Crippen LogP contribution in [-0.4, -0.2) is 49.8 Å². The number of anilines is 1. The van der Waals surface area contributed by atoms with Crippen LogP contribution in [0.2, 0.25) is 0 Å². The number of nitrogens with one attached hydrogen (secondary N) is 1. The Balaban J connectivity index is 1.57. The van der Waals surface area contributed by atoms with E-state index in [1.54, 1.807) is 20.3 Å². The van der Waals surface area contributed by atoms with Crippen molar-refractivity contribution in [1.29, 1.82) is 0 Å². The number of para-hydroxylation sites is 1. The molecule has 0 spiro atoms. The molecule has 0 aliphatic carbocycles. The number of rotatable bonds is 8. The van der Waals surface area contributed by atoms with Gasteiger partial charge in [-0.3, -0.25) is 4.79 Å². The molecule has 2 aromatic rings. The summed E-state index contributed by atoms with van der Waals surface area (Å²) in [6.45, 7) is 4.00. The highest BCUT2D eigenvalue weighted by Gasteiger charge is 2.15. The lowest BCUT2D eigenvalue weighted by Gasteiger charge is -2.21. The number of amides is 1. The maximum Gasteiger partial charge on any atom is 0.258 e. The number of aromatic nitrogens is 2. The summed E-state index contributed by atoms with van der Waals surface area (Å²) in [6.07, 6.45) is 4.76. The predicted molar refractivity (Wildman–Crippen MR) is 114 cm³/mol. The second-order valence-electron chi connectivity index (χ2n) is 7.27. The van der Waals surface area contributed by atoms with Gasteiger partial charge in [-0.2, -0.15) is 4.98 Å². The van der Waals surface area contributed by atoms with Crippen LogP contribution in [-0.2, 0) is 11.3 Å². The molecule has 8 nitrogen and oxygen atoms in total. The Kier molecular flexibility index (Phi) is 7.70. The van der Waals surface area contributed by atoms with E-state index in [9.17, 15) is 4.79 Å². The SMILES string of the molecule is COc1cccc(CNC(=O)COc2cc(C)nc(N3CCCCCC3)n2)c1OC. The summed E-state index contributed by atoms with van der Waals surface area (Å²) in [5.74, 6) is 2.07. The molecule has 1 fully saturated rings. The third-order valence-electron chi connectivity index (χ3n) is 5.02. The van der Waals surface area contributed by atoms with Crippen molar-refractivity contribution in [3.63, 3.8) is 0 Å². The molecule has 0 atom stereocenters. The first-order valence-electron chi connectivity index (χ1n) is 10.3. The molecule has 0 unspecified atom stereocenters. The Morgan fingerprint density at radius 1 is 1.10 bits per heavy atom. The summed E-state index contributed by atoms with van der Waals surface area (Å²) in [6, 6.07) is 7.30. The Morgan fingerprint density at radius 3 is 2.57 bits per heavy atom. The lowest BCUT2D eigenvalue weighted by atomic mass is 10.2. The number of carbonyl (C=O) groups is 1. The minimum absolute atomic E-state index is 0.123. The van der Waals surface area contributed by atoms with Crippen molar-refractivity contribution >= 4 is 11.9 Å². The van der Waals surface area contributed by atoms with Crippen LogP contribution in [0.25, 0.3) is 0 Å². The molecule has 30 heavy (non-hydrogen) atoms. The van der Waals surface area contributed by atoms with Gasteiger partial charge in [0.15, 0.2) is 18.1 Å². The van der Waals surface area contributed by atoms with Crippen molar-refractivity contribution in [2.45, 2.75) is 39.2 Å². The molecule has 2 heterocycles. The number of nitrogens with zero attached hydrogens (tertiary/aromatic N) is 3. The van der Waals surface area contributed by atoms with E-state index in [0.29, 0.717) is 29.9 Å². The Hall–Kier alpha value is -3.03. The van der Waals surface area contributed by atoms with Crippen molar-refractivity contribution in [3.05, 3.63) is 35.5 Å². The molecule has 0 saturated carbocycles. The number of aryl methyl sites for hydroxylation is 1. The summed E-state index contributed by atoms with van der Waals surface area (Å²) in [4.78, 5) is 23.6. The highest BCUT2D eigenvalue weighted by Crippen LogP contribution is 2.30. The molecule has 1 aliphatic rings. The second kappa shape index (κ2) is 10.7. The Morgan fingerprint density at radius 2 is 1.87 bits per heavy atom. The van der Waals surface area contributed by atoms with Crippen LogP contribution in [0.15, 0.2) is 24.3 Å². The quantitative estimate of drug-likeness (QED) is 0.711. The zero-order valence-corrected chi connectivity index (χ0v) is 17.9. The van der Waals surface area contributed by atoms with E-state index >= 15 is 0 Å². The van der Waals surface area contributed by atoms with Crippen LogP contribution in [0.3, 0.4) is 0 Å². The number of carbonyl (C=O) groups excluding carboxylic acids is 1. The standard InChI is InChI=1S/C22H30N4O4/c1-16-13-20(25-22(24-16)26-11-6-4-5-7-12-26)30-15-19(27)23-14-17-9-8-10-18(28-2)21(17)29-3/h8-10,13H,4-7,11-12,14-15H2,1-3H3,(H,23,27). The lowest BCUT2D eigenvalue weighted by molar-refractivity contribution is -0.123. The van der Waals surface area contributed by atoms with Crippen LogP contribution in [0, 0.1) is 6.92 Å². The van der Waals surface area contributed by atoms with Crippen LogP contribution in [0.5, 0.6) is 17.4 Å². The first-order chi connectivity index (χ1) is 14.6. The van der Waals surface area contributed by atoms with Gasteiger partial charge >= 0.3 is 0 Å². The average molecular weight is 415 g/mol. The minimum Gasteiger partial charge on any atom is -0.493 e. The lowest BCUT2D eigenvalue weighted by Crippen LogP contribution is -2.29. The molecule has 0 radical (unpaired) electrons. The Bertz CT molecular complexity index is 851. The van der Waals surface area contributed by atoms with Gasteiger partial charge in [0, 0.05) is 37.0 Å². The third kappa shape index (κ3) is 5.75. The summed E-state index contributed by atoms with van der Waals surface area (Å²) in [7, 11) is 3.16. The average Bonchev–Trinajstić information content (AvgIpc) is 3.05. The molecule has 162 valence electrons. The van der Waals surface area contributed by atoms with E-state index in [-0.39, 0.29) is 12.5 Å². The van der Waals surface area contributed by atoms with Gasteiger partial charge in [0.1, 0.15) is 0 Å². The fourth-order valence-electron chi connectivity index (χ4n) is 3.49. The molecule has 1 amide bonds. The molecule has 1 saturated heterocycles. The smallest absolute Gasteiger partial charge is 0.258 e. The topological polar surface area (TPSA) is 85.8 Å². The zero-order chi connectivity index (χ0) is 21.3. The summed E-state index contributed by atoms with van der Waals surface area (Å²) in [5, 5.41) is 2.84. The first-order valence-corrected chi connectivity index (χ1v) is 10.3. The summed E-state index contributed by atoms with van der Waals surface area (Å²) < 4.78 is 16.3. The molecule has 1 aliphatic heterocycles. The zero-order valence-electron chi connectivity index (χ0n) is 17.9. The monoisotopic (exact) mass is 414 g/mol. The van der Waals surface area contributed by atoms with Crippen molar-refractivity contribution in [2.75, 3.05) is 38.8 Å². The van der Waals surface area contributed by atoms with Crippen LogP contribution in [0.4, 0.5) is 5.95 Å². The maximum atomic E-state index is 12.3. The van der Waals surface area contributed by atoms with Gasteiger partial charge in [0.25, 0.3) is 5.91 Å². The molecular weight excluding hydrogens is 384 g/mol. The van der Waals surface area contributed by atoms with Gasteiger partial charge in [-0.05, 0) is 25.8 Å². The molecule has 8 heteroatoms. The molecule has 3 rings (SSSR count). The third-order valence-corrected chi connectivity index (χ3v) is 5.02. The van der Waals surface area contributed by atoms with Crippen molar-refractivity contribution in [1.82, 2.24) is 15.3 Å². The van der Waals surface area contributed by atoms with Gasteiger partial charge in [0.05, 0.1) is 14.2 Å². The minimum atomic E-state index is -0.243. The number of hydrogen-bond donors (Lipinski definition) is 1. The summed E-state index contributed by atoms with van der Waals surface area (Å²) >= 11 is 0.